The molecule has 0 radical (unpaired) electrons. The number of aromatic amines is 1. The van der Waals surface area contributed by atoms with E-state index in [-0.39, 0.29) is 5.82 Å². The third-order valence-corrected chi connectivity index (χ3v) is 3.73. The third kappa shape index (κ3) is 3.40. The fourth-order valence-corrected chi connectivity index (χ4v) is 2.21. The average Bonchev–Trinajstić information content (AvgIpc) is 3.05. The molecule has 0 saturated carbocycles. The van der Waals surface area contributed by atoms with Crippen molar-refractivity contribution in [2.45, 2.75) is 13.0 Å². The smallest absolute Gasteiger partial charge is 0.338 e. The fourth-order valence-electron chi connectivity index (χ4n) is 1.95. The van der Waals surface area contributed by atoms with Gasteiger partial charge in [0.2, 0.25) is 0 Å². The molecule has 1 aromatic carbocycles. The summed E-state index contributed by atoms with van der Waals surface area (Å²) in [6, 6.07) is 6.65. The lowest BCUT2D eigenvalue weighted by Gasteiger charge is -2.13. The number of imidazole rings is 1. The van der Waals surface area contributed by atoms with E-state index in [1.165, 1.54) is 19.6 Å². The molecule has 0 unspecified atom stereocenters. The second-order valence-corrected chi connectivity index (χ2v) is 5.78. The summed E-state index contributed by atoms with van der Waals surface area (Å²) >= 11 is 3.29. The van der Waals surface area contributed by atoms with Crippen LogP contribution in [0.25, 0.3) is 11.2 Å². The van der Waals surface area contributed by atoms with Crippen LogP contribution in [0.5, 0.6) is 0 Å². The Kier molecular flexibility index (Phi) is 4.52. The number of nitrogens with one attached hydrogen (secondary N) is 2. The van der Waals surface area contributed by atoms with Gasteiger partial charge in [-0.05, 0) is 31.2 Å². The number of carbonyl (C=O) groups excluding carboxylic acids is 2. The Morgan fingerprint density at radius 3 is 2.71 bits per heavy atom. The van der Waals surface area contributed by atoms with Gasteiger partial charge < -0.3 is 15.0 Å². The molecular formula is C15H12BrN5O3. The van der Waals surface area contributed by atoms with Crippen LogP contribution in [0.2, 0.25) is 0 Å². The molecule has 122 valence electrons. The van der Waals surface area contributed by atoms with Gasteiger partial charge in [-0.3, -0.25) is 4.79 Å². The number of amides is 1. The van der Waals surface area contributed by atoms with E-state index < -0.39 is 18.0 Å². The molecule has 3 aromatic rings. The summed E-state index contributed by atoms with van der Waals surface area (Å²) in [6.07, 6.45) is 1.75. The Morgan fingerprint density at radius 2 is 1.96 bits per heavy atom. The number of ether oxygens (including phenoxy) is 1. The molecule has 2 aromatic heterocycles. The van der Waals surface area contributed by atoms with E-state index in [0.717, 1.165) is 4.47 Å². The van der Waals surface area contributed by atoms with Crippen LogP contribution in [0.3, 0.4) is 0 Å². The quantitative estimate of drug-likeness (QED) is 0.662. The van der Waals surface area contributed by atoms with Crippen molar-refractivity contribution in [3.8, 4) is 0 Å². The maximum atomic E-state index is 12.2. The first-order valence-corrected chi connectivity index (χ1v) is 7.75. The number of nitrogens with zero attached hydrogens (tertiary/aromatic N) is 3. The summed E-state index contributed by atoms with van der Waals surface area (Å²) in [6.45, 7) is 1.48. The lowest BCUT2D eigenvalue weighted by molar-refractivity contribution is -0.123. The highest BCUT2D eigenvalue weighted by atomic mass is 79.9. The number of hydrogen-bond donors (Lipinski definition) is 2. The van der Waals surface area contributed by atoms with Crippen molar-refractivity contribution in [1.82, 2.24) is 19.9 Å². The zero-order valence-corrected chi connectivity index (χ0v) is 14.1. The Balaban J connectivity index is 1.67. The van der Waals surface area contributed by atoms with Gasteiger partial charge in [0.05, 0.1) is 11.9 Å². The van der Waals surface area contributed by atoms with Crippen LogP contribution >= 0.6 is 15.9 Å². The number of carbonyl (C=O) groups is 2. The SMILES string of the molecule is C[C@@H](OC(=O)c1ccc(Br)cc1)C(=O)Nc1ncnc2nc[nH]c12. The molecule has 24 heavy (non-hydrogen) atoms. The predicted molar refractivity (Wildman–Crippen MR) is 89.3 cm³/mol. The van der Waals surface area contributed by atoms with Crippen LogP contribution in [0.1, 0.15) is 17.3 Å². The number of anilines is 1. The van der Waals surface area contributed by atoms with Gasteiger partial charge in [0.1, 0.15) is 11.8 Å². The average molecular weight is 390 g/mol. The summed E-state index contributed by atoms with van der Waals surface area (Å²) in [7, 11) is 0. The van der Waals surface area contributed by atoms with Gasteiger partial charge in [-0.1, -0.05) is 15.9 Å². The lowest BCUT2D eigenvalue weighted by atomic mass is 10.2. The van der Waals surface area contributed by atoms with Crippen molar-refractivity contribution in [2.75, 3.05) is 5.32 Å². The molecule has 1 atom stereocenters. The number of rotatable bonds is 4. The molecule has 0 spiro atoms. The number of halogens is 1. The van der Waals surface area contributed by atoms with E-state index in [0.29, 0.717) is 16.7 Å². The van der Waals surface area contributed by atoms with E-state index in [1.807, 2.05) is 0 Å². The number of aromatic nitrogens is 4. The second-order valence-electron chi connectivity index (χ2n) is 4.87. The van der Waals surface area contributed by atoms with Crippen LogP contribution in [-0.2, 0) is 9.53 Å². The van der Waals surface area contributed by atoms with Crippen molar-refractivity contribution in [3.05, 3.63) is 47.0 Å². The van der Waals surface area contributed by atoms with Gasteiger partial charge in [-0.25, -0.2) is 19.7 Å². The molecule has 0 aliphatic carbocycles. The Hall–Kier alpha value is -2.81. The van der Waals surface area contributed by atoms with E-state index in [4.69, 9.17) is 4.74 Å². The van der Waals surface area contributed by atoms with Crippen LogP contribution < -0.4 is 5.32 Å². The first-order chi connectivity index (χ1) is 11.5. The fraction of sp³-hybridized carbons (Fsp3) is 0.133. The van der Waals surface area contributed by atoms with Crippen molar-refractivity contribution < 1.29 is 14.3 Å². The molecule has 1 amide bonds. The molecule has 8 nitrogen and oxygen atoms in total. The molecule has 2 heterocycles. The first-order valence-electron chi connectivity index (χ1n) is 6.96. The lowest BCUT2D eigenvalue weighted by Crippen LogP contribution is -2.30. The number of hydrogen-bond acceptors (Lipinski definition) is 6. The summed E-state index contributed by atoms with van der Waals surface area (Å²) in [5.74, 6) is -0.816. The zero-order chi connectivity index (χ0) is 17.1. The number of esters is 1. The highest BCUT2D eigenvalue weighted by molar-refractivity contribution is 9.10. The number of benzene rings is 1. The minimum Gasteiger partial charge on any atom is -0.449 e. The van der Waals surface area contributed by atoms with Gasteiger partial charge in [0, 0.05) is 4.47 Å². The van der Waals surface area contributed by atoms with Gasteiger partial charge in [0.15, 0.2) is 17.6 Å². The molecule has 0 fully saturated rings. The highest BCUT2D eigenvalue weighted by Crippen LogP contribution is 2.16. The van der Waals surface area contributed by atoms with E-state index >= 15 is 0 Å². The van der Waals surface area contributed by atoms with Gasteiger partial charge in [-0.2, -0.15) is 0 Å². The summed E-state index contributed by atoms with van der Waals surface area (Å²) in [5, 5.41) is 2.59. The van der Waals surface area contributed by atoms with Crippen molar-refractivity contribution in [2.24, 2.45) is 0 Å². The van der Waals surface area contributed by atoms with E-state index in [1.54, 1.807) is 24.3 Å². The number of fused-ring (bicyclic) bond motifs is 1. The molecule has 0 bridgehead atoms. The standard InChI is InChI=1S/C15H12BrN5O3/c1-8(24-15(23)9-2-4-10(16)5-3-9)14(22)21-13-11-12(18-6-17-11)19-7-20-13/h2-8H,1H3,(H2,17,18,19,20,21,22)/t8-/m1/s1. The third-order valence-electron chi connectivity index (χ3n) is 3.20. The summed E-state index contributed by atoms with van der Waals surface area (Å²) in [5.41, 5.74) is 1.29. The van der Waals surface area contributed by atoms with Gasteiger partial charge in [0.25, 0.3) is 5.91 Å². The molecule has 0 saturated heterocycles. The number of H-pyrrole nitrogens is 1. The van der Waals surface area contributed by atoms with E-state index in [9.17, 15) is 9.59 Å². The summed E-state index contributed by atoms with van der Waals surface area (Å²) in [4.78, 5) is 39.0. The molecule has 2 N–H and O–H groups in total. The first kappa shape index (κ1) is 16.1. The minimum absolute atomic E-state index is 0.272. The van der Waals surface area contributed by atoms with Gasteiger partial charge >= 0.3 is 5.97 Å². The molecule has 3 rings (SSSR count). The van der Waals surface area contributed by atoms with Gasteiger partial charge in [-0.15, -0.1) is 0 Å². The Bertz CT molecular complexity index is 894. The predicted octanol–water partition coefficient (Wildman–Crippen LogP) is 2.30. The highest BCUT2D eigenvalue weighted by Gasteiger charge is 2.20. The topological polar surface area (TPSA) is 110 Å². The van der Waals surface area contributed by atoms with Crippen molar-refractivity contribution in [1.29, 1.82) is 0 Å². The minimum atomic E-state index is -0.992. The Morgan fingerprint density at radius 1 is 1.21 bits per heavy atom. The molecule has 9 heteroatoms. The second kappa shape index (κ2) is 6.75. The largest absolute Gasteiger partial charge is 0.449 e. The zero-order valence-electron chi connectivity index (χ0n) is 12.5. The monoisotopic (exact) mass is 389 g/mol. The van der Waals surface area contributed by atoms with Crippen LogP contribution in [-0.4, -0.2) is 37.9 Å². The Labute approximate surface area is 144 Å². The van der Waals surface area contributed by atoms with Crippen LogP contribution in [0.4, 0.5) is 5.82 Å². The van der Waals surface area contributed by atoms with Crippen molar-refractivity contribution in [3.63, 3.8) is 0 Å². The van der Waals surface area contributed by atoms with Crippen LogP contribution in [0.15, 0.2) is 41.4 Å². The molecule has 0 aliphatic heterocycles. The molecule has 0 aliphatic rings. The molecular weight excluding hydrogens is 378 g/mol. The van der Waals surface area contributed by atoms with Crippen LogP contribution in [0, 0.1) is 0 Å². The summed E-state index contributed by atoms with van der Waals surface area (Å²) < 4.78 is 6.01. The maximum absolute atomic E-state index is 12.2. The normalized spacial score (nSPS) is 11.9. The maximum Gasteiger partial charge on any atom is 0.338 e. The van der Waals surface area contributed by atoms with E-state index in [2.05, 4.69) is 41.2 Å². The van der Waals surface area contributed by atoms with Crippen molar-refractivity contribution >= 4 is 44.8 Å².